The first-order valence-corrected chi connectivity index (χ1v) is 5.80. The van der Waals surface area contributed by atoms with E-state index in [0.717, 1.165) is 11.4 Å². The highest BCUT2D eigenvalue weighted by atomic mass is 35.5. The van der Waals surface area contributed by atoms with Gasteiger partial charge in [0.15, 0.2) is 0 Å². The maximum absolute atomic E-state index is 5.99. The molecule has 0 unspecified atom stereocenters. The van der Waals surface area contributed by atoms with Gasteiger partial charge in [-0.15, -0.1) is 0 Å². The van der Waals surface area contributed by atoms with E-state index in [-0.39, 0.29) is 0 Å². The maximum atomic E-state index is 5.99. The molecule has 0 heterocycles. The Morgan fingerprint density at radius 3 is 2.35 bits per heavy atom. The van der Waals surface area contributed by atoms with Gasteiger partial charge in [-0.2, -0.15) is 0 Å². The second-order valence-corrected chi connectivity index (χ2v) is 4.20. The minimum atomic E-state index is 0.662. The molecule has 1 N–H and O–H groups in total. The van der Waals surface area contributed by atoms with Gasteiger partial charge in [0.1, 0.15) is 0 Å². The summed E-state index contributed by atoms with van der Waals surface area (Å²) in [5.41, 5.74) is 1.65. The van der Waals surface area contributed by atoms with E-state index in [0.29, 0.717) is 10.0 Å². The molecule has 0 amide bonds. The standard InChI is InChI=1S/C13H10Cl2N2/c14-10-5-7-11(8-6-10)16-9-17-13-4-2-1-3-12(13)15/h1-9H,(H,16,17). The number of para-hydroxylation sites is 1. The average molecular weight is 265 g/mol. The van der Waals surface area contributed by atoms with Crippen LogP contribution in [0.4, 0.5) is 11.4 Å². The van der Waals surface area contributed by atoms with Crippen molar-refractivity contribution in [3.8, 4) is 0 Å². The molecule has 86 valence electrons. The van der Waals surface area contributed by atoms with Crippen LogP contribution in [-0.2, 0) is 0 Å². The Bertz CT molecular complexity index is 521. The van der Waals surface area contributed by atoms with Crippen LogP contribution in [0.15, 0.2) is 53.5 Å². The molecule has 2 nitrogen and oxygen atoms in total. The van der Waals surface area contributed by atoms with Crippen LogP contribution in [0.5, 0.6) is 0 Å². The topological polar surface area (TPSA) is 24.4 Å². The summed E-state index contributed by atoms with van der Waals surface area (Å²) in [6.45, 7) is 0. The zero-order chi connectivity index (χ0) is 12.1. The van der Waals surface area contributed by atoms with Crippen LogP contribution in [0.3, 0.4) is 0 Å². The van der Waals surface area contributed by atoms with Crippen LogP contribution < -0.4 is 5.32 Å². The third-order valence-corrected chi connectivity index (χ3v) is 2.72. The zero-order valence-electron chi connectivity index (χ0n) is 8.90. The number of benzene rings is 2. The average Bonchev–Trinajstić information content (AvgIpc) is 2.34. The number of aliphatic imine (C=N–C) groups is 1. The summed E-state index contributed by atoms with van der Waals surface area (Å²) in [7, 11) is 0. The van der Waals surface area contributed by atoms with E-state index in [1.54, 1.807) is 18.5 Å². The van der Waals surface area contributed by atoms with Gasteiger partial charge < -0.3 is 5.32 Å². The van der Waals surface area contributed by atoms with E-state index in [9.17, 15) is 0 Å². The predicted molar refractivity (Wildman–Crippen MR) is 74.7 cm³/mol. The van der Waals surface area contributed by atoms with Crippen molar-refractivity contribution in [1.82, 2.24) is 0 Å². The van der Waals surface area contributed by atoms with Crippen molar-refractivity contribution in [2.24, 2.45) is 4.99 Å². The molecule has 2 aromatic carbocycles. The summed E-state index contributed by atoms with van der Waals surface area (Å²) < 4.78 is 0. The zero-order valence-corrected chi connectivity index (χ0v) is 10.4. The van der Waals surface area contributed by atoms with E-state index in [1.165, 1.54) is 0 Å². The first-order valence-electron chi connectivity index (χ1n) is 5.05. The van der Waals surface area contributed by atoms with Gasteiger partial charge in [-0.1, -0.05) is 35.3 Å². The maximum Gasteiger partial charge on any atom is 0.0930 e. The van der Waals surface area contributed by atoms with Gasteiger partial charge in [0, 0.05) is 5.02 Å². The molecule has 2 rings (SSSR count). The predicted octanol–water partition coefficient (Wildman–Crippen LogP) is 4.77. The highest BCUT2D eigenvalue weighted by Gasteiger charge is 1.94. The Labute approximate surface area is 110 Å². The monoisotopic (exact) mass is 264 g/mol. The van der Waals surface area contributed by atoms with E-state index in [2.05, 4.69) is 10.3 Å². The second-order valence-electron chi connectivity index (χ2n) is 3.36. The Balaban J connectivity index is 2.03. The Kier molecular flexibility index (Phi) is 4.02. The van der Waals surface area contributed by atoms with Gasteiger partial charge in [0.2, 0.25) is 0 Å². The van der Waals surface area contributed by atoms with Crippen molar-refractivity contribution in [2.75, 3.05) is 5.32 Å². The molecule has 0 atom stereocenters. The molecule has 2 aromatic rings. The van der Waals surface area contributed by atoms with Gasteiger partial charge in [0.05, 0.1) is 22.7 Å². The highest BCUT2D eigenvalue weighted by molar-refractivity contribution is 6.33. The van der Waals surface area contributed by atoms with Crippen LogP contribution in [0.1, 0.15) is 0 Å². The Hall–Kier alpha value is -1.51. The number of hydrogen-bond donors (Lipinski definition) is 1. The molecule has 0 fully saturated rings. The van der Waals surface area contributed by atoms with Crippen LogP contribution in [0.2, 0.25) is 10.0 Å². The third-order valence-electron chi connectivity index (χ3n) is 2.13. The molecule has 0 aliphatic rings. The van der Waals surface area contributed by atoms with Crippen LogP contribution >= 0.6 is 23.2 Å². The molecule has 0 aliphatic carbocycles. The normalized spacial score (nSPS) is 10.7. The van der Waals surface area contributed by atoms with Gasteiger partial charge in [-0.3, -0.25) is 0 Å². The minimum Gasteiger partial charge on any atom is -0.345 e. The lowest BCUT2D eigenvalue weighted by Gasteiger charge is -2.01. The number of anilines is 1. The molecule has 4 heteroatoms. The van der Waals surface area contributed by atoms with Crippen molar-refractivity contribution < 1.29 is 0 Å². The Morgan fingerprint density at radius 2 is 1.65 bits per heavy atom. The van der Waals surface area contributed by atoms with E-state index in [1.807, 2.05) is 36.4 Å². The highest BCUT2D eigenvalue weighted by Crippen LogP contribution is 2.20. The Morgan fingerprint density at radius 1 is 0.941 bits per heavy atom. The number of nitrogens with one attached hydrogen (secondary N) is 1. The summed E-state index contributed by atoms with van der Waals surface area (Å²) in [4.78, 5) is 4.23. The van der Waals surface area contributed by atoms with Crippen molar-refractivity contribution in [1.29, 1.82) is 0 Å². The SMILES string of the molecule is Clc1ccc(/N=C/Nc2ccccc2Cl)cc1. The van der Waals surface area contributed by atoms with E-state index >= 15 is 0 Å². The fraction of sp³-hybridized carbons (Fsp3) is 0. The molecule has 0 aliphatic heterocycles. The molecular weight excluding hydrogens is 255 g/mol. The summed E-state index contributed by atoms with van der Waals surface area (Å²) in [5, 5.41) is 4.38. The number of nitrogens with zero attached hydrogens (tertiary/aromatic N) is 1. The largest absolute Gasteiger partial charge is 0.345 e. The summed E-state index contributed by atoms with van der Waals surface area (Å²) >= 11 is 11.8. The summed E-state index contributed by atoms with van der Waals surface area (Å²) in [6, 6.07) is 14.8. The van der Waals surface area contributed by atoms with E-state index < -0.39 is 0 Å². The molecular formula is C13H10Cl2N2. The van der Waals surface area contributed by atoms with Crippen molar-refractivity contribution >= 4 is 40.9 Å². The second kappa shape index (κ2) is 5.71. The minimum absolute atomic E-state index is 0.662. The van der Waals surface area contributed by atoms with Crippen molar-refractivity contribution in [2.45, 2.75) is 0 Å². The van der Waals surface area contributed by atoms with Gasteiger partial charge in [0.25, 0.3) is 0 Å². The molecule has 0 bridgehead atoms. The van der Waals surface area contributed by atoms with Gasteiger partial charge >= 0.3 is 0 Å². The lowest BCUT2D eigenvalue weighted by molar-refractivity contribution is 1.52. The fourth-order valence-electron chi connectivity index (χ4n) is 1.28. The number of halogens is 2. The summed E-state index contributed by atoms with van der Waals surface area (Å²) in [6.07, 6.45) is 1.60. The van der Waals surface area contributed by atoms with Crippen LogP contribution in [-0.4, -0.2) is 6.34 Å². The van der Waals surface area contributed by atoms with Crippen molar-refractivity contribution in [3.63, 3.8) is 0 Å². The van der Waals surface area contributed by atoms with Crippen LogP contribution in [0, 0.1) is 0 Å². The number of hydrogen-bond acceptors (Lipinski definition) is 1. The first-order chi connectivity index (χ1) is 8.25. The van der Waals surface area contributed by atoms with Gasteiger partial charge in [-0.05, 0) is 36.4 Å². The first kappa shape index (κ1) is 12.0. The molecule has 0 saturated carbocycles. The van der Waals surface area contributed by atoms with E-state index in [4.69, 9.17) is 23.2 Å². The molecule has 0 saturated heterocycles. The molecule has 0 aromatic heterocycles. The lowest BCUT2D eigenvalue weighted by Crippen LogP contribution is -1.94. The quantitative estimate of drug-likeness (QED) is 0.627. The van der Waals surface area contributed by atoms with Crippen molar-refractivity contribution in [3.05, 3.63) is 58.6 Å². The molecule has 0 spiro atoms. The number of rotatable bonds is 3. The molecule has 17 heavy (non-hydrogen) atoms. The van der Waals surface area contributed by atoms with Crippen LogP contribution in [0.25, 0.3) is 0 Å². The fourth-order valence-corrected chi connectivity index (χ4v) is 1.60. The van der Waals surface area contributed by atoms with Gasteiger partial charge in [-0.25, -0.2) is 4.99 Å². The lowest BCUT2D eigenvalue weighted by atomic mass is 10.3. The smallest absolute Gasteiger partial charge is 0.0930 e. The third kappa shape index (κ3) is 3.48. The molecule has 0 radical (unpaired) electrons. The summed E-state index contributed by atoms with van der Waals surface area (Å²) in [5.74, 6) is 0.